The number of carbonyl (C=O) groups is 1. The van der Waals surface area contributed by atoms with Crippen LogP contribution in [0, 0.1) is 0 Å². The largest absolute Gasteiger partial charge is 0.331 e. The van der Waals surface area contributed by atoms with E-state index in [1.54, 1.807) is 18.7 Å². The van der Waals surface area contributed by atoms with Crippen molar-refractivity contribution in [1.29, 1.82) is 0 Å². The van der Waals surface area contributed by atoms with Crippen molar-refractivity contribution >= 4 is 5.91 Å². The third-order valence-corrected chi connectivity index (χ3v) is 3.66. The zero-order valence-electron chi connectivity index (χ0n) is 11.7. The number of fused-ring (bicyclic) bond motifs is 1. The van der Waals surface area contributed by atoms with Gasteiger partial charge in [0.2, 0.25) is 5.91 Å². The molecule has 6 heteroatoms. The number of nitrogens with zero attached hydrogens (tertiary/aromatic N) is 5. The predicted octanol–water partition coefficient (Wildman–Crippen LogP) is 1.34. The van der Waals surface area contributed by atoms with Gasteiger partial charge in [-0.05, 0) is 6.92 Å². The Labute approximate surface area is 117 Å². The summed E-state index contributed by atoms with van der Waals surface area (Å²) in [6, 6.07) is -0.245. The molecular weight excluding hydrogens is 254 g/mol. The summed E-state index contributed by atoms with van der Waals surface area (Å²) in [4.78, 5) is 27.1. The molecule has 2 aromatic rings. The zero-order chi connectivity index (χ0) is 14.1. The quantitative estimate of drug-likeness (QED) is 0.845. The van der Waals surface area contributed by atoms with Crippen LogP contribution in [0.5, 0.6) is 0 Å². The van der Waals surface area contributed by atoms with Crippen LogP contribution in [0.25, 0.3) is 0 Å². The zero-order valence-corrected chi connectivity index (χ0v) is 11.7. The van der Waals surface area contributed by atoms with E-state index in [1.165, 1.54) is 0 Å². The number of hydrogen-bond donors (Lipinski definition) is 0. The van der Waals surface area contributed by atoms with Crippen molar-refractivity contribution in [1.82, 2.24) is 24.4 Å². The van der Waals surface area contributed by atoms with Crippen LogP contribution in [0.4, 0.5) is 0 Å². The molecule has 1 atom stereocenters. The van der Waals surface area contributed by atoms with Crippen molar-refractivity contribution in [3.05, 3.63) is 42.0 Å². The van der Waals surface area contributed by atoms with Crippen LogP contribution in [0.15, 0.2) is 24.9 Å². The highest BCUT2D eigenvalue weighted by Gasteiger charge is 2.28. The SMILES string of the molecule is CCc1ncc2c(n1)CN(C(=O)C(C)n1ccnc1)C2. The highest BCUT2D eigenvalue weighted by atomic mass is 16.2. The highest BCUT2D eigenvalue weighted by molar-refractivity contribution is 5.80. The first kappa shape index (κ1) is 12.8. The van der Waals surface area contributed by atoms with Gasteiger partial charge in [-0.25, -0.2) is 15.0 Å². The number of rotatable bonds is 3. The van der Waals surface area contributed by atoms with Gasteiger partial charge in [-0.3, -0.25) is 4.79 Å². The Hall–Kier alpha value is -2.24. The van der Waals surface area contributed by atoms with E-state index in [0.717, 1.165) is 23.5 Å². The lowest BCUT2D eigenvalue weighted by atomic mass is 10.2. The summed E-state index contributed by atoms with van der Waals surface area (Å²) >= 11 is 0. The fourth-order valence-corrected chi connectivity index (χ4v) is 2.41. The van der Waals surface area contributed by atoms with Gasteiger partial charge < -0.3 is 9.47 Å². The van der Waals surface area contributed by atoms with Gasteiger partial charge in [0, 0.05) is 37.1 Å². The second-order valence-electron chi connectivity index (χ2n) is 4.99. The van der Waals surface area contributed by atoms with Crippen molar-refractivity contribution in [2.45, 2.75) is 39.4 Å². The second kappa shape index (κ2) is 5.03. The number of aromatic nitrogens is 4. The van der Waals surface area contributed by atoms with E-state index in [2.05, 4.69) is 15.0 Å². The molecular formula is C14H17N5O. The van der Waals surface area contributed by atoms with E-state index >= 15 is 0 Å². The first-order valence-corrected chi connectivity index (χ1v) is 6.79. The average molecular weight is 271 g/mol. The maximum absolute atomic E-state index is 12.5. The highest BCUT2D eigenvalue weighted by Crippen LogP contribution is 2.23. The Morgan fingerprint density at radius 2 is 2.30 bits per heavy atom. The van der Waals surface area contributed by atoms with E-state index in [9.17, 15) is 4.79 Å². The van der Waals surface area contributed by atoms with Crippen LogP contribution < -0.4 is 0 Å². The summed E-state index contributed by atoms with van der Waals surface area (Å²) in [5.74, 6) is 0.916. The van der Waals surface area contributed by atoms with Gasteiger partial charge in [-0.1, -0.05) is 6.92 Å². The van der Waals surface area contributed by atoms with Crippen LogP contribution >= 0.6 is 0 Å². The molecule has 2 aromatic heterocycles. The Morgan fingerprint density at radius 1 is 1.45 bits per heavy atom. The lowest BCUT2D eigenvalue weighted by Gasteiger charge is -2.20. The first-order valence-electron chi connectivity index (χ1n) is 6.79. The van der Waals surface area contributed by atoms with Gasteiger partial charge in [-0.2, -0.15) is 0 Å². The topological polar surface area (TPSA) is 63.9 Å². The summed E-state index contributed by atoms with van der Waals surface area (Å²) in [5.41, 5.74) is 2.02. The minimum atomic E-state index is -0.245. The van der Waals surface area contributed by atoms with Crippen LogP contribution in [0.2, 0.25) is 0 Å². The fourth-order valence-electron chi connectivity index (χ4n) is 2.41. The molecule has 0 spiro atoms. The molecule has 0 aliphatic carbocycles. The Kier molecular flexibility index (Phi) is 3.22. The number of hydrogen-bond acceptors (Lipinski definition) is 4. The Balaban J connectivity index is 1.76. The van der Waals surface area contributed by atoms with E-state index in [1.807, 2.05) is 29.5 Å². The fraction of sp³-hybridized carbons (Fsp3) is 0.429. The molecule has 1 unspecified atom stereocenters. The summed E-state index contributed by atoms with van der Waals surface area (Å²) in [6.45, 7) is 5.08. The molecule has 0 bridgehead atoms. The Bertz CT molecular complexity index is 622. The monoisotopic (exact) mass is 271 g/mol. The normalized spacial score (nSPS) is 15.2. The molecule has 0 aromatic carbocycles. The number of aryl methyl sites for hydroxylation is 1. The van der Waals surface area contributed by atoms with Gasteiger partial charge in [0.25, 0.3) is 0 Å². The lowest BCUT2D eigenvalue weighted by Crippen LogP contribution is -2.31. The molecule has 1 amide bonds. The molecule has 6 nitrogen and oxygen atoms in total. The lowest BCUT2D eigenvalue weighted by molar-refractivity contribution is -0.134. The smallest absolute Gasteiger partial charge is 0.246 e. The van der Waals surface area contributed by atoms with Gasteiger partial charge in [0.1, 0.15) is 11.9 Å². The molecule has 0 radical (unpaired) electrons. The minimum absolute atomic E-state index is 0.0825. The van der Waals surface area contributed by atoms with Crippen molar-refractivity contribution < 1.29 is 4.79 Å². The molecule has 3 heterocycles. The Morgan fingerprint density at radius 3 is 3.00 bits per heavy atom. The van der Waals surface area contributed by atoms with E-state index in [-0.39, 0.29) is 11.9 Å². The van der Waals surface area contributed by atoms with E-state index in [4.69, 9.17) is 0 Å². The summed E-state index contributed by atoms with van der Waals surface area (Å²) < 4.78 is 1.81. The second-order valence-corrected chi connectivity index (χ2v) is 4.99. The number of imidazole rings is 1. The van der Waals surface area contributed by atoms with E-state index in [0.29, 0.717) is 13.1 Å². The maximum atomic E-state index is 12.5. The molecule has 0 N–H and O–H groups in total. The molecule has 104 valence electrons. The molecule has 1 aliphatic rings. The van der Waals surface area contributed by atoms with Crippen molar-refractivity contribution in [3.8, 4) is 0 Å². The molecule has 0 saturated heterocycles. The predicted molar refractivity (Wildman–Crippen MR) is 72.6 cm³/mol. The van der Waals surface area contributed by atoms with Gasteiger partial charge in [0.05, 0.1) is 18.6 Å². The van der Waals surface area contributed by atoms with Gasteiger partial charge in [-0.15, -0.1) is 0 Å². The van der Waals surface area contributed by atoms with Gasteiger partial charge >= 0.3 is 0 Å². The van der Waals surface area contributed by atoms with Gasteiger partial charge in [0.15, 0.2) is 0 Å². The maximum Gasteiger partial charge on any atom is 0.246 e. The van der Waals surface area contributed by atoms with Crippen molar-refractivity contribution in [2.24, 2.45) is 0 Å². The first-order chi connectivity index (χ1) is 9.69. The van der Waals surface area contributed by atoms with Crippen molar-refractivity contribution in [3.63, 3.8) is 0 Å². The number of amides is 1. The number of carbonyl (C=O) groups excluding carboxylic acids is 1. The third kappa shape index (κ3) is 2.17. The van der Waals surface area contributed by atoms with Crippen LogP contribution in [0.3, 0.4) is 0 Å². The van der Waals surface area contributed by atoms with E-state index < -0.39 is 0 Å². The summed E-state index contributed by atoms with van der Waals surface area (Å²) in [6.07, 6.45) is 7.81. The molecule has 1 aliphatic heterocycles. The molecule has 3 rings (SSSR count). The molecule has 0 fully saturated rings. The third-order valence-electron chi connectivity index (χ3n) is 3.66. The average Bonchev–Trinajstić information content (AvgIpc) is 3.13. The standard InChI is InChI=1S/C14H17N5O/c1-3-13-16-6-11-7-19(8-12(11)17-13)14(20)10(2)18-5-4-15-9-18/h4-6,9-10H,3,7-8H2,1-2H3. The molecule has 0 saturated carbocycles. The van der Waals surface area contributed by atoms with Crippen LogP contribution in [-0.4, -0.2) is 30.3 Å². The van der Waals surface area contributed by atoms with Crippen LogP contribution in [0.1, 0.15) is 37.0 Å². The molecule has 20 heavy (non-hydrogen) atoms. The summed E-state index contributed by atoms with van der Waals surface area (Å²) in [5, 5.41) is 0. The van der Waals surface area contributed by atoms with Crippen molar-refractivity contribution in [2.75, 3.05) is 0 Å². The minimum Gasteiger partial charge on any atom is -0.331 e. The summed E-state index contributed by atoms with van der Waals surface area (Å²) in [7, 11) is 0. The van der Waals surface area contributed by atoms with Crippen LogP contribution in [-0.2, 0) is 24.3 Å².